The average molecular weight is 404 g/mol. The average Bonchev–Trinajstić information content (AvgIpc) is 3.20. The minimum atomic E-state index is -0.113. The lowest BCUT2D eigenvalue weighted by atomic mass is 10.1. The third-order valence-corrected chi connectivity index (χ3v) is 4.71. The van der Waals surface area contributed by atoms with E-state index >= 15 is 0 Å². The molecule has 27 heavy (non-hydrogen) atoms. The van der Waals surface area contributed by atoms with E-state index in [0.717, 1.165) is 18.5 Å². The highest BCUT2D eigenvalue weighted by Crippen LogP contribution is 2.31. The second kappa shape index (κ2) is 9.44. The number of hydrogen-bond donors (Lipinski definition) is 1. The molecule has 1 heterocycles. The van der Waals surface area contributed by atoms with Crippen LogP contribution < -0.4 is 10.1 Å². The summed E-state index contributed by atoms with van der Waals surface area (Å²) < 4.78 is 7.56. The van der Waals surface area contributed by atoms with Gasteiger partial charge in [-0.15, -0.1) is 0 Å². The van der Waals surface area contributed by atoms with Crippen LogP contribution in [0.3, 0.4) is 0 Å². The predicted octanol–water partition coefficient (Wildman–Crippen LogP) is 4.59. The Balaban J connectivity index is 1.51. The normalized spacial score (nSPS) is 10.6. The number of halogens is 2. The number of nitrogens with zero attached hydrogens (tertiary/aromatic N) is 2. The van der Waals surface area contributed by atoms with Crippen LogP contribution in [0.4, 0.5) is 0 Å². The highest BCUT2D eigenvalue weighted by atomic mass is 35.5. The molecule has 1 amide bonds. The molecule has 5 nitrogen and oxygen atoms in total. The Bertz CT molecular complexity index is 898. The van der Waals surface area contributed by atoms with Crippen molar-refractivity contribution in [2.45, 2.75) is 19.6 Å². The van der Waals surface area contributed by atoms with E-state index in [-0.39, 0.29) is 5.91 Å². The summed E-state index contributed by atoms with van der Waals surface area (Å²) in [5.74, 6) is 0.399. The minimum Gasteiger partial charge on any atom is -0.487 e. The number of ether oxygens (including phenoxy) is 1. The van der Waals surface area contributed by atoms with Crippen LogP contribution in [0.5, 0.6) is 5.75 Å². The van der Waals surface area contributed by atoms with Gasteiger partial charge in [-0.1, -0.05) is 41.4 Å². The van der Waals surface area contributed by atoms with E-state index < -0.39 is 0 Å². The zero-order valence-corrected chi connectivity index (χ0v) is 16.1. The van der Waals surface area contributed by atoms with Crippen LogP contribution in [0, 0.1) is 0 Å². The molecule has 7 heteroatoms. The number of nitrogens with one attached hydrogen (secondary N) is 1. The lowest BCUT2D eigenvalue weighted by Crippen LogP contribution is -2.25. The molecule has 1 aromatic heterocycles. The van der Waals surface area contributed by atoms with Crippen LogP contribution in [0.25, 0.3) is 0 Å². The second-order valence-electron chi connectivity index (χ2n) is 5.92. The SMILES string of the molecule is O=C(NCCCn1cccn1)c1cccc(COc2cccc(Cl)c2Cl)c1. The Hall–Kier alpha value is -2.50. The fourth-order valence-electron chi connectivity index (χ4n) is 2.54. The van der Waals surface area contributed by atoms with Gasteiger partial charge in [0.05, 0.1) is 5.02 Å². The van der Waals surface area contributed by atoms with Gasteiger partial charge in [0.1, 0.15) is 17.4 Å². The van der Waals surface area contributed by atoms with Gasteiger partial charge in [-0.2, -0.15) is 5.10 Å². The number of carbonyl (C=O) groups is 1. The van der Waals surface area contributed by atoms with Crippen LogP contribution >= 0.6 is 23.2 Å². The Morgan fingerprint density at radius 3 is 2.81 bits per heavy atom. The van der Waals surface area contributed by atoms with Crippen molar-refractivity contribution in [1.82, 2.24) is 15.1 Å². The second-order valence-corrected chi connectivity index (χ2v) is 6.70. The summed E-state index contributed by atoms with van der Waals surface area (Å²) in [5, 5.41) is 7.87. The molecule has 0 aliphatic rings. The highest BCUT2D eigenvalue weighted by molar-refractivity contribution is 6.42. The van der Waals surface area contributed by atoms with Crippen molar-refractivity contribution in [2.75, 3.05) is 6.54 Å². The van der Waals surface area contributed by atoms with Gasteiger partial charge < -0.3 is 10.1 Å². The Morgan fingerprint density at radius 1 is 1.15 bits per heavy atom. The van der Waals surface area contributed by atoms with E-state index in [9.17, 15) is 4.79 Å². The molecule has 0 bridgehead atoms. The molecule has 3 aromatic rings. The van der Waals surface area contributed by atoms with Gasteiger partial charge in [-0.25, -0.2) is 0 Å². The summed E-state index contributed by atoms with van der Waals surface area (Å²) in [5.41, 5.74) is 1.46. The Kier molecular flexibility index (Phi) is 6.74. The highest BCUT2D eigenvalue weighted by Gasteiger charge is 2.08. The summed E-state index contributed by atoms with van der Waals surface area (Å²) >= 11 is 12.1. The van der Waals surface area contributed by atoms with Gasteiger partial charge in [0.25, 0.3) is 5.91 Å². The number of aromatic nitrogens is 2. The smallest absolute Gasteiger partial charge is 0.251 e. The number of benzene rings is 2. The van der Waals surface area contributed by atoms with Crippen LogP contribution in [-0.4, -0.2) is 22.2 Å². The molecular weight excluding hydrogens is 385 g/mol. The van der Waals surface area contributed by atoms with Gasteiger partial charge in [0.15, 0.2) is 0 Å². The number of carbonyl (C=O) groups excluding carboxylic acids is 1. The molecule has 0 aliphatic carbocycles. The van der Waals surface area contributed by atoms with Gasteiger partial charge in [0.2, 0.25) is 0 Å². The molecule has 0 atom stereocenters. The fraction of sp³-hybridized carbons (Fsp3) is 0.200. The molecule has 3 rings (SSSR count). The monoisotopic (exact) mass is 403 g/mol. The van der Waals surface area contributed by atoms with E-state index in [2.05, 4.69) is 10.4 Å². The molecule has 140 valence electrons. The lowest BCUT2D eigenvalue weighted by Gasteiger charge is -2.10. The Labute approximate surface area is 167 Å². The zero-order chi connectivity index (χ0) is 19.1. The topological polar surface area (TPSA) is 56.2 Å². The van der Waals surface area contributed by atoms with Crippen molar-refractivity contribution < 1.29 is 9.53 Å². The van der Waals surface area contributed by atoms with Crippen molar-refractivity contribution in [3.05, 3.63) is 82.1 Å². The maximum Gasteiger partial charge on any atom is 0.251 e. The van der Waals surface area contributed by atoms with E-state index in [4.69, 9.17) is 27.9 Å². The first-order valence-corrected chi connectivity index (χ1v) is 9.30. The largest absolute Gasteiger partial charge is 0.487 e. The van der Waals surface area contributed by atoms with Crippen molar-refractivity contribution in [3.8, 4) is 5.75 Å². The Morgan fingerprint density at radius 2 is 2.00 bits per heavy atom. The quantitative estimate of drug-likeness (QED) is 0.559. The van der Waals surface area contributed by atoms with Crippen molar-refractivity contribution >= 4 is 29.1 Å². The molecule has 0 spiro atoms. The summed E-state index contributed by atoms with van der Waals surface area (Å²) in [6.45, 7) is 1.64. The maximum atomic E-state index is 12.3. The van der Waals surface area contributed by atoms with Crippen LogP contribution in [-0.2, 0) is 13.2 Å². The number of aryl methyl sites for hydroxylation is 1. The predicted molar refractivity (Wildman–Crippen MR) is 106 cm³/mol. The molecule has 0 saturated carbocycles. The summed E-state index contributed by atoms with van der Waals surface area (Å²) in [6, 6.07) is 14.4. The molecule has 0 aliphatic heterocycles. The van der Waals surface area contributed by atoms with Crippen molar-refractivity contribution in [2.24, 2.45) is 0 Å². The first kappa shape index (κ1) is 19.3. The summed E-state index contributed by atoms with van der Waals surface area (Å²) in [6.07, 6.45) is 4.45. The molecule has 0 saturated heterocycles. The number of hydrogen-bond acceptors (Lipinski definition) is 3. The van der Waals surface area contributed by atoms with Crippen LogP contribution in [0.15, 0.2) is 60.9 Å². The van der Waals surface area contributed by atoms with Crippen LogP contribution in [0.1, 0.15) is 22.3 Å². The molecule has 0 fully saturated rings. The van der Waals surface area contributed by atoms with E-state index in [1.807, 2.05) is 29.1 Å². The van der Waals surface area contributed by atoms with Gasteiger partial charge >= 0.3 is 0 Å². The molecule has 2 aromatic carbocycles. The fourth-order valence-corrected chi connectivity index (χ4v) is 2.88. The lowest BCUT2D eigenvalue weighted by molar-refractivity contribution is 0.0952. The van der Waals surface area contributed by atoms with Gasteiger partial charge in [-0.3, -0.25) is 9.48 Å². The molecular formula is C20H19Cl2N3O2. The van der Waals surface area contributed by atoms with Crippen LogP contribution in [0.2, 0.25) is 10.0 Å². The van der Waals surface area contributed by atoms with E-state index in [1.54, 1.807) is 36.5 Å². The summed E-state index contributed by atoms with van der Waals surface area (Å²) in [7, 11) is 0. The van der Waals surface area contributed by atoms with Gasteiger partial charge in [0, 0.05) is 31.0 Å². The first-order valence-electron chi connectivity index (χ1n) is 8.55. The van der Waals surface area contributed by atoms with Crippen molar-refractivity contribution in [1.29, 1.82) is 0 Å². The standard InChI is InChI=1S/C20H19Cl2N3O2/c21-17-7-2-8-18(19(17)22)27-14-15-5-1-6-16(13-15)20(26)23-9-3-11-25-12-4-10-24-25/h1-2,4-8,10,12-13H,3,9,11,14H2,(H,23,26). The number of amides is 1. The third kappa shape index (κ3) is 5.49. The van der Waals surface area contributed by atoms with E-state index in [0.29, 0.717) is 34.5 Å². The zero-order valence-electron chi connectivity index (χ0n) is 14.6. The number of rotatable bonds is 8. The van der Waals surface area contributed by atoms with Gasteiger partial charge in [-0.05, 0) is 42.3 Å². The molecule has 0 unspecified atom stereocenters. The summed E-state index contributed by atoms with van der Waals surface area (Å²) in [4.78, 5) is 12.3. The third-order valence-electron chi connectivity index (χ3n) is 3.91. The minimum absolute atomic E-state index is 0.113. The van der Waals surface area contributed by atoms with Crippen molar-refractivity contribution in [3.63, 3.8) is 0 Å². The molecule has 0 radical (unpaired) electrons. The maximum absolute atomic E-state index is 12.3. The molecule has 1 N–H and O–H groups in total. The van der Waals surface area contributed by atoms with E-state index in [1.165, 1.54) is 0 Å². The first-order chi connectivity index (χ1) is 13.1.